The highest BCUT2D eigenvalue weighted by atomic mass is 127. The van der Waals surface area contributed by atoms with Gasteiger partial charge in [0.2, 0.25) is 0 Å². The molecule has 1 aromatic carbocycles. The molecule has 5 heteroatoms. The zero-order chi connectivity index (χ0) is 17.9. The third kappa shape index (κ3) is 4.35. The van der Waals surface area contributed by atoms with Gasteiger partial charge < -0.3 is 5.11 Å². The van der Waals surface area contributed by atoms with Gasteiger partial charge in [-0.1, -0.05) is 40.8 Å². The van der Waals surface area contributed by atoms with E-state index in [2.05, 4.69) is 39.6 Å². The molecule has 0 amide bonds. The van der Waals surface area contributed by atoms with Crippen molar-refractivity contribution >= 4 is 28.2 Å². The van der Waals surface area contributed by atoms with Gasteiger partial charge in [0.1, 0.15) is 11.9 Å². The van der Waals surface area contributed by atoms with E-state index in [9.17, 15) is 9.50 Å². The number of piperidine rings is 1. The highest BCUT2D eigenvalue weighted by Crippen LogP contribution is 2.38. The summed E-state index contributed by atoms with van der Waals surface area (Å²) in [7, 11) is 0. The molecule has 1 aliphatic heterocycles. The molecule has 0 radical (unpaired) electrons. The SMILES string of the molecule is N#CCC1(I)CCN(Cc2ccc(C3=CCCCC3)c(O)c2)CC1F. The molecule has 25 heavy (non-hydrogen) atoms. The summed E-state index contributed by atoms with van der Waals surface area (Å²) in [6.45, 7) is 1.75. The molecule has 0 aromatic heterocycles. The van der Waals surface area contributed by atoms with Crippen molar-refractivity contribution in [3.63, 3.8) is 0 Å². The maximum absolute atomic E-state index is 14.5. The second kappa shape index (κ2) is 8.05. The monoisotopic (exact) mass is 454 g/mol. The second-order valence-corrected chi connectivity index (χ2v) is 9.30. The van der Waals surface area contributed by atoms with Crippen LogP contribution in [-0.2, 0) is 6.54 Å². The van der Waals surface area contributed by atoms with Gasteiger partial charge in [-0.15, -0.1) is 0 Å². The molecule has 2 atom stereocenters. The maximum Gasteiger partial charge on any atom is 0.128 e. The first-order valence-electron chi connectivity index (χ1n) is 8.95. The third-order valence-electron chi connectivity index (χ3n) is 5.30. The number of phenolic OH excluding ortho intramolecular Hbond substituents is 1. The fraction of sp³-hybridized carbons (Fsp3) is 0.550. The lowest BCUT2D eigenvalue weighted by Gasteiger charge is -2.39. The van der Waals surface area contributed by atoms with E-state index in [0.29, 0.717) is 25.3 Å². The normalized spacial score (nSPS) is 27.6. The zero-order valence-electron chi connectivity index (χ0n) is 14.3. The van der Waals surface area contributed by atoms with Gasteiger partial charge in [0.25, 0.3) is 0 Å². The summed E-state index contributed by atoms with van der Waals surface area (Å²) in [5.74, 6) is 0.326. The lowest BCUT2D eigenvalue weighted by atomic mass is 9.91. The van der Waals surface area contributed by atoms with E-state index in [0.717, 1.165) is 30.5 Å². The molecule has 3 nitrogen and oxygen atoms in total. The van der Waals surface area contributed by atoms with Gasteiger partial charge in [-0.25, -0.2) is 4.39 Å². The van der Waals surface area contributed by atoms with Gasteiger partial charge >= 0.3 is 0 Å². The first-order chi connectivity index (χ1) is 12.0. The molecule has 0 bridgehead atoms. The van der Waals surface area contributed by atoms with Crippen LogP contribution in [0.15, 0.2) is 24.3 Å². The summed E-state index contributed by atoms with van der Waals surface area (Å²) in [5, 5.41) is 19.3. The average molecular weight is 454 g/mol. The van der Waals surface area contributed by atoms with Gasteiger partial charge in [-0.3, -0.25) is 4.90 Å². The van der Waals surface area contributed by atoms with Crippen molar-refractivity contribution in [1.82, 2.24) is 4.90 Å². The minimum atomic E-state index is -0.998. The predicted octanol–water partition coefficient (Wildman–Crippen LogP) is 4.98. The Kier molecular flexibility index (Phi) is 6.00. The highest BCUT2D eigenvalue weighted by Gasteiger charge is 2.41. The van der Waals surface area contributed by atoms with Gasteiger partial charge in [0.15, 0.2) is 0 Å². The van der Waals surface area contributed by atoms with Crippen LogP contribution >= 0.6 is 22.6 Å². The summed E-state index contributed by atoms with van der Waals surface area (Å²) in [4.78, 5) is 2.08. The van der Waals surface area contributed by atoms with Crippen LogP contribution in [0, 0.1) is 11.3 Å². The van der Waals surface area contributed by atoms with E-state index in [1.165, 1.54) is 18.4 Å². The summed E-state index contributed by atoms with van der Waals surface area (Å²) in [5.41, 5.74) is 3.18. The van der Waals surface area contributed by atoms with Gasteiger partial charge in [-0.2, -0.15) is 5.26 Å². The lowest BCUT2D eigenvalue weighted by Crippen LogP contribution is -2.49. The predicted molar refractivity (Wildman–Crippen MR) is 106 cm³/mol. The number of aromatic hydroxyl groups is 1. The molecule has 1 fully saturated rings. The Bertz CT molecular complexity index is 699. The number of likely N-dealkylation sites (tertiary alicyclic amines) is 1. The number of nitriles is 1. The standard InChI is InChI=1S/C20H24FIN2O/c21-19-14-24(11-9-20(19,22)8-10-23)13-15-6-7-17(18(25)12-15)16-4-2-1-3-5-16/h4,6-7,12,19,25H,1-3,5,8-9,11,13-14H2. The summed E-state index contributed by atoms with van der Waals surface area (Å²) in [6, 6.07) is 7.97. The zero-order valence-corrected chi connectivity index (χ0v) is 16.5. The van der Waals surface area contributed by atoms with Gasteiger partial charge in [0.05, 0.1) is 15.9 Å². The quantitative estimate of drug-likeness (QED) is 0.516. The number of nitrogens with zero attached hydrogens (tertiary/aromatic N) is 2. The van der Waals surface area contributed by atoms with Crippen LogP contribution in [0.3, 0.4) is 0 Å². The number of phenols is 1. The van der Waals surface area contributed by atoms with E-state index >= 15 is 0 Å². The number of hydrogen-bond donors (Lipinski definition) is 1. The van der Waals surface area contributed by atoms with E-state index in [1.54, 1.807) is 0 Å². The Labute approximate surface area is 162 Å². The lowest BCUT2D eigenvalue weighted by molar-refractivity contribution is 0.107. The number of halogens is 2. The maximum atomic E-state index is 14.5. The van der Waals surface area contributed by atoms with E-state index in [1.807, 2.05) is 18.2 Å². The van der Waals surface area contributed by atoms with Crippen LogP contribution in [0.25, 0.3) is 5.57 Å². The van der Waals surface area contributed by atoms with Crippen LogP contribution in [0.4, 0.5) is 4.39 Å². The summed E-state index contributed by atoms with van der Waals surface area (Å²) < 4.78 is 13.9. The first-order valence-corrected chi connectivity index (χ1v) is 10.0. The smallest absolute Gasteiger partial charge is 0.128 e. The molecular weight excluding hydrogens is 430 g/mol. The molecule has 1 aromatic rings. The van der Waals surface area contributed by atoms with Gasteiger partial charge in [-0.05, 0) is 49.3 Å². The third-order valence-corrected chi connectivity index (χ3v) is 6.90. The fourth-order valence-electron chi connectivity index (χ4n) is 3.74. The summed E-state index contributed by atoms with van der Waals surface area (Å²) >= 11 is 2.12. The molecule has 1 saturated heterocycles. The topological polar surface area (TPSA) is 47.3 Å². The minimum absolute atomic E-state index is 0.257. The molecule has 134 valence electrons. The largest absolute Gasteiger partial charge is 0.507 e. The Balaban J connectivity index is 1.65. The molecule has 0 spiro atoms. The Morgan fingerprint density at radius 1 is 1.40 bits per heavy atom. The molecule has 1 N–H and O–H groups in total. The van der Waals surface area contributed by atoms with Crippen molar-refractivity contribution in [3.8, 4) is 11.8 Å². The van der Waals surface area contributed by atoms with Crippen LogP contribution in [0.5, 0.6) is 5.75 Å². The van der Waals surface area contributed by atoms with Gasteiger partial charge in [0, 0.05) is 25.2 Å². The Morgan fingerprint density at radius 2 is 2.24 bits per heavy atom. The molecular formula is C20H24FIN2O. The molecule has 1 heterocycles. The van der Waals surface area contributed by atoms with Crippen LogP contribution in [0.2, 0.25) is 0 Å². The van der Waals surface area contributed by atoms with Crippen molar-refractivity contribution < 1.29 is 9.50 Å². The Hall–Kier alpha value is -1.13. The number of rotatable bonds is 4. The number of alkyl halides is 2. The first kappa shape index (κ1) is 18.7. The van der Waals surface area contributed by atoms with E-state index in [4.69, 9.17) is 5.26 Å². The molecule has 2 aliphatic rings. The number of allylic oxidation sites excluding steroid dienone is 2. The molecule has 3 rings (SSSR count). The van der Waals surface area contributed by atoms with Crippen LogP contribution in [-0.4, -0.2) is 32.7 Å². The molecule has 2 unspecified atom stereocenters. The minimum Gasteiger partial charge on any atom is -0.507 e. The van der Waals surface area contributed by atoms with E-state index in [-0.39, 0.29) is 6.42 Å². The number of benzene rings is 1. The number of hydrogen-bond acceptors (Lipinski definition) is 3. The van der Waals surface area contributed by atoms with Crippen molar-refractivity contribution in [3.05, 3.63) is 35.4 Å². The van der Waals surface area contributed by atoms with E-state index < -0.39 is 9.59 Å². The molecule has 0 saturated carbocycles. The average Bonchev–Trinajstić information content (AvgIpc) is 2.60. The highest BCUT2D eigenvalue weighted by molar-refractivity contribution is 14.1. The van der Waals surface area contributed by atoms with Crippen molar-refractivity contribution in [1.29, 1.82) is 5.26 Å². The Morgan fingerprint density at radius 3 is 2.88 bits per heavy atom. The van der Waals surface area contributed by atoms with Crippen molar-refractivity contribution in [2.24, 2.45) is 0 Å². The van der Waals surface area contributed by atoms with Crippen molar-refractivity contribution in [2.75, 3.05) is 13.1 Å². The van der Waals surface area contributed by atoms with Crippen LogP contribution < -0.4 is 0 Å². The summed E-state index contributed by atoms with van der Waals surface area (Å²) in [6.07, 6.45) is 6.69. The second-order valence-electron chi connectivity index (χ2n) is 7.15. The van der Waals surface area contributed by atoms with Crippen LogP contribution in [0.1, 0.15) is 49.7 Å². The van der Waals surface area contributed by atoms with Crippen molar-refractivity contribution in [2.45, 2.75) is 54.7 Å². The molecule has 1 aliphatic carbocycles. The fourth-order valence-corrected chi connectivity index (χ4v) is 4.35.